The molecular formula is C12H22F3NO2S. The molecule has 0 bridgehead atoms. The van der Waals surface area contributed by atoms with Crippen LogP contribution >= 0.6 is 11.8 Å². The number of nitrogens with one attached hydrogen (secondary N) is 1. The van der Waals surface area contributed by atoms with Crippen molar-refractivity contribution in [1.82, 2.24) is 5.32 Å². The Balaban J connectivity index is 3.92. The van der Waals surface area contributed by atoms with Crippen molar-refractivity contribution in [3.8, 4) is 0 Å². The highest BCUT2D eigenvalue weighted by atomic mass is 32.2. The average molecular weight is 301 g/mol. The number of alkyl carbamates (subject to hydrolysis) is 1. The monoisotopic (exact) mass is 301 g/mol. The Bertz CT molecular complexity index is 277. The van der Waals surface area contributed by atoms with Crippen molar-refractivity contribution >= 4 is 17.9 Å². The van der Waals surface area contributed by atoms with Crippen LogP contribution in [-0.4, -0.2) is 35.4 Å². The van der Waals surface area contributed by atoms with Crippen LogP contribution in [0.15, 0.2) is 0 Å². The van der Waals surface area contributed by atoms with Crippen molar-refractivity contribution in [3.05, 3.63) is 0 Å². The molecule has 1 N–H and O–H groups in total. The Morgan fingerprint density at radius 3 is 2.32 bits per heavy atom. The molecule has 0 aliphatic rings. The van der Waals surface area contributed by atoms with Crippen molar-refractivity contribution in [2.24, 2.45) is 0 Å². The molecule has 3 nitrogen and oxygen atoms in total. The number of amides is 1. The zero-order valence-electron chi connectivity index (χ0n) is 11.8. The smallest absolute Gasteiger partial charge is 0.407 e. The van der Waals surface area contributed by atoms with Crippen LogP contribution in [0.1, 0.15) is 40.5 Å². The van der Waals surface area contributed by atoms with Crippen molar-refractivity contribution in [2.45, 2.75) is 58.4 Å². The molecule has 1 amide bonds. The van der Waals surface area contributed by atoms with E-state index in [2.05, 4.69) is 5.32 Å². The van der Waals surface area contributed by atoms with E-state index >= 15 is 0 Å². The summed E-state index contributed by atoms with van der Waals surface area (Å²) in [5.74, 6) is 0.460. The number of carbonyl (C=O) groups excluding carboxylic acids is 1. The Labute approximate surface area is 116 Å². The molecule has 0 heterocycles. The third-order valence-electron chi connectivity index (χ3n) is 2.06. The Kier molecular flexibility index (Phi) is 7.62. The zero-order valence-corrected chi connectivity index (χ0v) is 12.6. The first-order valence-corrected chi connectivity index (χ1v) is 7.33. The molecular weight excluding hydrogens is 279 g/mol. The van der Waals surface area contributed by atoms with Gasteiger partial charge in [-0.05, 0) is 27.2 Å². The van der Waals surface area contributed by atoms with Gasteiger partial charge in [0.15, 0.2) is 0 Å². The molecule has 0 aromatic heterocycles. The summed E-state index contributed by atoms with van der Waals surface area (Å²) in [6.45, 7) is 7.13. The third kappa shape index (κ3) is 12.2. The predicted octanol–water partition coefficient (Wildman–Crippen LogP) is 3.98. The van der Waals surface area contributed by atoms with E-state index in [9.17, 15) is 18.0 Å². The second kappa shape index (κ2) is 7.87. The van der Waals surface area contributed by atoms with E-state index in [1.54, 1.807) is 20.8 Å². The number of halogens is 3. The number of ether oxygens (including phenoxy) is 1. The lowest BCUT2D eigenvalue weighted by molar-refractivity contribution is -0.129. The second-order valence-corrected chi connectivity index (χ2v) is 6.34. The van der Waals surface area contributed by atoms with Gasteiger partial charge in [0.25, 0.3) is 0 Å². The average Bonchev–Trinajstić information content (AvgIpc) is 2.18. The number of hydrogen-bond acceptors (Lipinski definition) is 3. The van der Waals surface area contributed by atoms with Crippen LogP contribution in [0.25, 0.3) is 0 Å². The van der Waals surface area contributed by atoms with Crippen LogP contribution in [0.3, 0.4) is 0 Å². The lowest BCUT2D eigenvalue weighted by atomic mass is 10.2. The fourth-order valence-corrected chi connectivity index (χ4v) is 2.30. The van der Waals surface area contributed by atoms with E-state index in [-0.39, 0.29) is 11.8 Å². The van der Waals surface area contributed by atoms with Crippen molar-refractivity contribution in [1.29, 1.82) is 0 Å². The summed E-state index contributed by atoms with van der Waals surface area (Å²) >= 11 is 1.18. The van der Waals surface area contributed by atoms with Gasteiger partial charge in [0, 0.05) is 17.5 Å². The highest BCUT2D eigenvalue weighted by Gasteiger charge is 2.26. The Hall–Kier alpha value is -0.590. The number of carbonyl (C=O) groups is 1. The van der Waals surface area contributed by atoms with Crippen molar-refractivity contribution in [3.63, 3.8) is 0 Å². The summed E-state index contributed by atoms with van der Waals surface area (Å²) in [5.41, 5.74) is -0.578. The number of hydrogen-bond donors (Lipinski definition) is 1. The van der Waals surface area contributed by atoms with Crippen LogP contribution in [0, 0.1) is 0 Å². The molecule has 0 spiro atoms. The van der Waals surface area contributed by atoms with Gasteiger partial charge in [-0.25, -0.2) is 4.79 Å². The topological polar surface area (TPSA) is 38.3 Å². The van der Waals surface area contributed by atoms with E-state index in [0.29, 0.717) is 12.2 Å². The Morgan fingerprint density at radius 2 is 1.89 bits per heavy atom. The van der Waals surface area contributed by atoms with Gasteiger partial charge < -0.3 is 10.1 Å². The van der Waals surface area contributed by atoms with Gasteiger partial charge >= 0.3 is 12.3 Å². The maximum Gasteiger partial charge on any atom is 0.407 e. The fourth-order valence-electron chi connectivity index (χ4n) is 1.15. The normalized spacial score (nSPS) is 14.1. The molecule has 114 valence electrons. The summed E-state index contributed by atoms with van der Waals surface area (Å²) in [4.78, 5) is 11.5. The van der Waals surface area contributed by atoms with Gasteiger partial charge in [-0.15, -0.1) is 0 Å². The van der Waals surface area contributed by atoms with Gasteiger partial charge in [0.2, 0.25) is 0 Å². The molecule has 0 aromatic rings. The number of rotatable bonds is 6. The standard InChI is InChI=1S/C12H22F3NO2S/c1-5-9(8-19-7-6-12(13,14)15)16-10(17)18-11(2,3)4/h9H,5-8H2,1-4H3,(H,16,17)/t9-/m1/s1. The molecule has 0 rings (SSSR count). The Morgan fingerprint density at radius 1 is 1.32 bits per heavy atom. The van der Waals surface area contributed by atoms with Crippen LogP contribution in [0.4, 0.5) is 18.0 Å². The van der Waals surface area contributed by atoms with Gasteiger partial charge in [-0.1, -0.05) is 6.92 Å². The SMILES string of the molecule is CC[C@H](CSCCC(F)(F)F)NC(=O)OC(C)(C)C. The highest BCUT2D eigenvalue weighted by Crippen LogP contribution is 2.22. The second-order valence-electron chi connectivity index (χ2n) is 5.19. The minimum atomic E-state index is -4.12. The molecule has 19 heavy (non-hydrogen) atoms. The summed E-state index contributed by atoms with van der Waals surface area (Å²) in [7, 11) is 0. The minimum Gasteiger partial charge on any atom is -0.444 e. The molecule has 7 heteroatoms. The fraction of sp³-hybridized carbons (Fsp3) is 0.917. The number of thioether (sulfide) groups is 1. The van der Waals surface area contributed by atoms with E-state index < -0.39 is 24.3 Å². The predicted molar refractivity (Wildman–Crippen MR) is 71.4 cm³/mol. The van der Waals surface area contributed by atoms with Crippen LogP contribution in [0.2, 0.25) is 0 Å². The van der Waals surface area contributed by atoms with Crippen molar-refractivity contribution in [2.75, 3.05) is 11.5 Å². The van der Waals surface area contributed by atoms with E-state index in [0.717, 1.165) is 0 Å². The molecule has 0 fully saturated rings. The maximum atomic E-state index is 12.0. The molecule has 0 saturated heterocycles. The molecule has 0 aliphatic carbocycles. The van der Waals surface area contributed by atoms with Gasteiger partial charge in [0.05, 0.1) is 6.42 Å². The first-order valence-electron chi connectivity index (χ1n) is 6.17. The highest BCUT2D eigenvalue weighted by molar-refractivity contribution is 7.99. The van der Waals surface area contributed by atoms with Crippen LogP contribution in [0.5, 0.6) is 0 Å². The number of alkyl halides is 3. The van der Waals surface area contributed by atoms with Crippen molar-refractivity contribution < 1.29 is 22.7 Å². The van der Waals surface area contributed by atoms with Gasteiger partial charge in [0.1, 0.15) is 5.60 Å². The quantitative estimate of drug-likeness (QED) is 0.754. The molecule has 0 saturated carbocycles. The van der Waals surface area contributed by atoms with Crippen LogP contribution < -0.4 is 5.32 Å². The van der Waals surface area contributed by atoms with Gasteiger partial charge in [-0.3, -0.25) is 0 Å². The van der Waals surface area contributed by atoms with Crippen LogP contribution in [-0.2, 0) is 4.74 Å². The first-order chi connectivity index (χ1) is 8.53. The summed E-state index contributed by atoms with van der Waals surface area (Å²) in [5, 5.41) is 2.66. The minimum absolute atomic E-state index is 0.00992. The first kappa shape index (κ1) is 18.4. The lowest BCUT2D eigenvalue weighted by Crippen LogP contribution is -2.40. The molecule has 1 atom stereocenters. The van der Waals surface area contributed by atoms with E-state index in [1.807, 2.05) is 6.92 Å². The molecule has 0 radical (unpaired) electrons. The summed E-state index contributed by atoms with van der Waals surface area (Å²) in [6.07, 6.45) is -4.80. The zero-order chi connectivity index (χ0) is 15.1. The summed E-state index contributed by atoms with van der Waals surface area (Å²) in [6, 6.07) is -0.173. The van der Waals surface area contributed by atoms with E-state index in [4.69, 9.17) is 4.74 Å². The largest absolute Gasteiger partial charge is 0.444 e. The molecule has 0 aromatic carbocycles. The van der Waals surface area contributed by atoms with E-state index in [1.165, 1.54) is 11.8 Å². The maximum absolute atomic E-state index is 12.0. The summed E-state index contributed by atoms with van der Waals surface area (Å²) < 4.78 is 41.0. The third-order valence-corrected chi connectivity index (χ3v) is 3.19. The molecule has 0 aliphatic heterocycles. The van der Waals surface area contributed by atoms with Gasteiger partial charge in [-0.2, -0.15) is 24.9 Å². The lowest BCUT2D eigenvalue weighted by Gasteiger charge is -2.23. The molecule has 0 unspecified atom stereocenters.